The third-order valence-electron chi connectivity index (χ3n) is 12.9. The van der Waals surface area contributed by atoms with Crippen molar-refractivity contribution in [2.45, 2.75) is 67.3 Å². The number of carbonyl (C=O) groups excluding carboxylic acids is 3. The van der Waals surface area contributed by atoms with Gasteiger partial charge in [-0.3, -0.25) is 9.59 Å². The van der Waals surface area contributed by atoms with Crippen molar-refractivity contribution in [3.05, 3.63) is 208 Å². The SMILES string of the molecule is Cc1ncsc1-c1ccc(CNC(=O)[C@@H]2C[C@@H](O)CN2C(=O)[C@@H](NC(=O)OCC2c3ccccc3-c3ccccc32)C(C)(C)SC(c2ccccc2)(c2ccccc2)c2ccccc2)c(F)c1. The normalized spacial score (nSPS) is 16.2. The van der Waals surface area contributed by atoms with Crippen molar-refractivity contribution in [3.8, 4) is 21.6 Å². The van der Waals surface area contributed by atoms with E-state index in [0.717, 1.165) is 49.5 Å². The topological polar surface area (TPSA) is 121 Å². The van der Waals surface area contributed by atoms with Gasteiger partial charge in [0.15, 0.2) is 0 Å². The number of benzene rings is 6. The second-order valence-corrected chi connectivity index (χ2v) is 20.3. The summed E-state index contributed by atoms with van der Waals surface area (Å²) in [4.78, 5) is 50.5. The van der Waals surface area contributed by atoms with Gasteiger partial charge in [0.1, 0.15) is 24.5 Å². The molecule has 0 saturated carbocycles. The summed E-state index contributed by atoms with van der Waals surface area (Å²) in [5, 5.41) is 17.0. The second kappa shape index (κ2) is 19.3. The number of amides is 3. The maximum atomic E-state index is 15.5. The predicted molar refractivity (Wildman–Crippen MR) is 263 cm³/mol. The van der Waals surface area contributed by atoms with E-state index in [1.165, 1.54) is 34.1 Å². The highest BCUT2D eigenvalue weighted by Crippen LogP contribution is 2.54. The molecule has 1 fully saturated rings. The van der Waals surface area contributed by atoms with Crippen LogP contribution in [-0.2, 0) is 25.6 Å². The van der Waals surface area contributed by atoms with Crippen molar-refractivity contribution in [1.29, 1.82) is 0 Å². The van der Waals surface area contributed by atoms with Gasteiger partial charge in [0.25, 0.3) is 0 Å². The van der Waals surface area contributed by atoms with E-state index in [2.05, 4.69) is 64.1 Å². The highest BCUT2D eigenvalue weighted by molar-refractivity contribution is 8.02. The highest BCUT2D eigenvalue weighted by Gasteiger charge is 2.51. The van der Waals surface area contributed by atoms with Crippen molar-refractivity contribution in [2.75, 3.05) is 13.2 Å². The quantitative estimate of drug-likeness (QED) is 0.0929. The number of aryl methyl sites for hydroxylation is 1. The summed E-state index contributed by atoms with van der Waals surface area (Å²) in [6.07, 6.45) is -1.87. The van der Waals surface area contributed by atoms with Crippen LogP contribution in [0.5, 0.6) is 0 Å². The van der Waals surface area contributed by atoms with E-state index < -0.39 is 51.4 Å². The van der Waals surface area contributed by atoms with Crippen LogP contribution in [0.25, 0.3) is 21.6 Å². The first-order valence-corrected chi connectivity index (χ1v) is 24.1. The number of thioether (sulfide) groups is 1. The fraction of sp³-hybridized carbons (Fsp3) is 0.236. The summed E-state index contributed by atoms with van der Waals surface area (Å²) in [5.74, 6) is -1.84. The van der Waals surface area contributed by atoms with E-state index in [1.54, 1.807) is 17.6 Å². The van der Waals surface area contributed by atoms with Crippen LogP contribution in [0, 0.1) is 12.7 Å². The smallest absolute Gasteiger partial charge is 0.407 e. The van der Waals surface area contributed by atoms with Crippen LogP contribution in [0.15, 0.2) is 163 Å². The number of hydrogen-bond donors (Lipinski definition) is 3. The molecular formula is C55H51FN4O5S2. The molecule has 1 aromatic heterocycles. The average molecular weight is 931 g/mol. The van der Waals surface area contributed by atoms with Crippen molar-refractivity contribution in [1.82, 2.24) is 20.5 Å². The number of nitrogens with one attached hydrogen (secondary N) is 2. The highest BCUT2D eigenvalue weighted by atomic mass is 32.2. The molecule has 0 bridgehead atoms. The molecule has 2 heterocycles. The zero-order valence-electron chi connectivity index (χ0n) is 37.4. The zero-order valence-corrected chi connectivity index (χ0v) is 39.0. The molecule has 3 amide bonds. The maximum absolute atomic E-state index is 15.5. The number of β-amino-alcohol motifs (C(OH)–C–C–N with tert-alkyl or cyclic N) is 1. The third kappa shape index (κ3) is 9.13. The molecule has 1 saturated heterocycles. The van der Waals surface area contributed by atoms with Gasteiger partial charge in [0, 0.05) is 35.7 Å². The number of hydrogen-bond acceptors (Lipinski definition) is 8. The minimum Gasteiger partial charge on any atom is -0.449 e. The van der Waals surface area contributed by atoms with Crippen molar-refractivity contribution < 1.29 is 28.6 Å². The first kappa shape index (κ1) is 45.6. The van der Waals surface area contributed by atoms with E-state index in [9.17, 15) is 14.7 Å². The number of carbonyl (C=O) groups is 3. The molecule has 12 heteroatoms. The number of nitrogens with zero attached hydrogens (tertiary/aromatic N) is 2. The van der Waals surface area contributed by atoms with Gasteiger partial charge in [-0.05, 0) is 71.3 Å². The van der Waals surface area contributed by atoms with Crippen LogP contribution in [-0.4, -0.2) is 69.0 Å². The van der Waals surface area contributed by atoms with Crippen LogP contribution in [0.3, 0.4) is 0 Å². The van der Waals surface area contributed by atoms with Gasteiger partial charge in [-0.1, -0.05) is 152 Å². The molecule has 7 aromatic rings. The van der Waals surface area contributed by atoms with E-state index in [4.69, 9.17) is 4.74 Å². The molecule has 9 nitrogen and oxygen atoms in total. The summed E-state index contributed by atoms with van der Waals surface area (Å²) in [6, 6.07) is 48.7. The molecule has 3 N–H and O–H groups in total. The number of rotatable bonds is 14. The lowest BCUT2D eigenvalue weighted by atomic mass is 9.84. The lowest BCUT2D eigenvalue weighted by Crippen LogP contribution is -2.60. The first-order valence-electron chi connectivity index (χ1n) is 22.4. The molecule has 67 heavy (non-hydrogen) atoms. The second-order valence-electron chi connectivity index (χ2n) is 17.6. The Morgan fingerprint density at radius 2 is 1.37 bits per heavy atom. The predicted octanol–water partition coefficient (Wildman–Crippen LogP) is 10.2. The van der Waals surface area contributed by atoms with Crippen molar-refractivity contribution in [2.24, 2.45) is 0 Å². The Labute approximate surface area is 398 Å². The fourth-order valence-electron chi connectivity index (χ4n) is 9.62. The van der Waals surface area contributed by atoms with Crippen LogP contribution in [0.1, 0.15) is 65.3 Å². The number of ether oxygens (including phenoxy) is 1. The molecule has 1 aliphatic carbocycles. The largest absolute Gasteiger partial charge is 0.449 e. The minimum atomic E-state index is -1.29. The molecular weight excluding hydrogens is 880 g/mol. The van der Waals surface area contributed by atoms with E-state index in [0.29, 0.717) is 5.56 Å². The van der Waals surface area contributed by atoms with E-state index in [1.807, 2.05) is 112 Å². The van der Waals surface area contributed by atoms with Crippen LogP contribution in [0.2, 0.25) is 0 Å². The summed E-state index contributed by atoms with van der Waals surface area (Å²) in [5.41, 5.74) is 10.6. The molecule has 6 aromatic carbocycles. The maximum Gasteiger partial charge on any atom is 0.407 e. The van der Waals surface area contributed by atoms with Gasteiger partial charge in [0.05, 0.1) is 26.9 Å². The Hall–Kier alpha value is -6.60. The summed E-state index contributed by atoms with van der Waals surface area (Å²) in [6.45, 7) is 5.41. The lowest BCUT2D eigenvalue weighted by molar-refractivity contribution is -0.140. The zero-order chi connectivity index (χ0) is 46.7. The Kier molecular flexibility index (Phi) is 13.1. The third-order valence-corrected chi connectivity index (χ3v) is 15.6. The van der Waals surface area contributed by atoms with Crippen molar-refractivity contribution >= 4 is 41.0 Å². The number of thiazole rings is 1. The van der Waals surface area contributed by atoms with Gasteiger partial charge in [-0.15, -0.1) is 23.1 Å². The van der Waals surface area contributed by atoms with E-state index >= 15 is 9.18 Å². The number of fused-ring (bicyclic) bond motifs is 3. The molecule has 340 valence electrons. The number of aromatic nitrogens is 1. The Morgan fingerprint density at radius 3 is 1.91 bits per heavy atom. The van der Waals surface area contributed by atoms with Gasteiger partial charge in [0.2, 0.25) is 11.8 Å². The summed E-state index contributed by atoms with van der Waals surface area (Å²) < 4.78 is 19.6. The monoisotopic (exact) mass is 930 g/mol. The van der Waals surface area contributed by atoms with E-state index in [-0.39, 0.29) is 37.6 Å². The van der Waals surface area contributed by atoms with Gasteiger partial charge < -0.3 is 25.4 Å². The van der Waals surface area contributed by atoms with Crippen LogP contribution >= 0.6 is 23.1 Å². The number of halogens is 1. The summed E-state index contributed by atoms with van der Waals surface area (Å²) in [7, 11) is 0. The van der Waals surface area contributed by atoms with Gasteiger partial charge in [-0.2, -0.15) is 0 Å². The molecule has 0 radical (unpaired) electrons. The van der Waals surface area contributed by atoms with Crippen molar-refractivity contribution in [3.63, 3.8) is 0 Å². The molecule has 0 unspecified atom stereocenters. The van der Waals surface area contributed by atoms with Gasteiger partial charge in [-0.25, -0.2) is 14.2 Å². The number of likely N-dealkylation sites (tertiary alicyclic amines) is 1. The van der Waals surface area contributed by atoms with Crippen LogP contribution < -0.4 is 10.6 Å². The first-order chi connectivity index (χ1) is 32.4. The average Bonchev–Trinajstić information content (AvgIpc) is 4.06. The lowest BCUT2D eigenvalue weighted by Gasteiger charge is -2.45. The standard InChI is InChI=1S/C55H51FN4O5S2/c1-35-49(66-34-58-35)36-27-28-37(47(56)29-36)31-57-51(62)48-30-41(61)32-60(48)52(63)50(59-53(64)65-33-46-44-25-15-13-23-42(44)43-24-14-16-26-45(43)46)54(2,3)67-55(38-17-7-4-8-18-38,39-19-9-5-10-20-39)40-21-11-6-12-22-40/h4-29,34,41,46,48,50,61H,30-33H2,1-3H3,(H,57,62)(H,59,64)/t41-,48+,50-/m1/s1. The molecule has 3 atom stereocenters. The molecule has 2 aliphatic rings. The molecule has 9 rings (SSSR count). The number of alkyl carbamates (subject to hydrolysis) is 1. The van der Waals surface area contributed by atoms with Gasteiger partial charge >= 0.3 is 6.09 Å². The number of aliphatic hydroxyl groups excluding tert-OH is 1. The Bertz CT molecular complexity index is 2750. The van der Waals surface area contributed by atoms with Crippen LogP contribution in [0.4, 0.5) is 9.18 Å². The molecule has 1 aliphatic heterocycles. The molecule has 0 spiro atoms. The fourth-order valence-corrected chi connectivity index (χ4v) is 12.3. The Morgan fingerprint density at radius 1 is 0.821 bits per heavy atom. The summed E-state index contributed by atoms with van der Waals surface area (Å²) >= 11 is 2.93. The minimum absolute atomic E-state index is 0.0190. The Balaban J connectivity index is 1.04. The number of aliphatic hydroxyl groups is 1.